The van der Waals surface area contributed by atoms with E-state index in [4.69, 9.17) is 19.7 Å². The van der Waals surface area contributed by atoms with Crippen molar-refractivity contribution in [1.82, 2.24) is 0 Å². The number of ether oxygens (including phenoxy) is 2. The Kier molecular flexibility index (Phi) is 8.45. The first-order valence-electron chi connectivity index (χ1n) is 9.06. The van der Waals surface area contributed by atoms with Gasteiger partial charge in [0.1, 0.15) is 18.5 Å². The summed E-state index contributed by atoms with van der Waals surface area (Å²) in [7, 11) is 0. The molecule has 1 atom stereocenters. The van der Waals surface area contributed by atoms with Crippen LogP contribution in [-0.2, 0) is 4.74 Å². The smallest absolute Gasteiger partial charge is 0.412 e. The fourth-order valence-electron chi connectivity index (χ4n) is 2.58. The molecule has 0 aliphatic carbocycles. The number of aliphatic hydroxyl groups is 2. The van der Waals surface area contributed by atoms with Crippen LogP contribution >= 0.6 is 0 Å². The molecule has 0 aliphatic heterocycles. The van der Waals surface area contributed by atoms with Gasteiger partial charge < -0.3 is 19.7 Å². The molecule has 3 N–H and O–H groups in total. The van der Waals surface area contributed by atoms with Crippen molar-refractivity contribution in [3.05, 3.63) is 59.7 Å². The van der Waals surface area contributed by atoms with Crippen molar-refractivity contribution in [2.45, 2.75) is 25.9 Å². The second kappa shape index (κ2) is 11.1. The van der Waals surface area contributed by atoms with E-state index in [0.29, 0.717) is 29.8 Å². The first-order valence-corrected chi connectivity index (χ1v) is 9.06. The van der Waals surface area contributed by atoms with Crippen LogP contribution in [0.4, 0.5) is 10.5 Å². The van der Waals surface area contributed by atoms with Gasteiger partial charge in [0.25, 0.3) is 0 Å². The number of amides is 1. The van der Waals surface area contributed by atoms with Gasteiger partial charge in [0.15, 0.2) is 5.78 Å². The summed E-state index contributed by atoms with van der Waals surface area (Å²) < 4.78 is 10.9. The van der Waals surface area contributed by atoms with Crippen molar-refractivity contribution in [2.24, 2.45) is 0 Å². The van der Waals surface area contributed by atoms with Gasteiger partial charge in [0.2, 0.25) is 0 Å². The quantitative estimate of drug-likeness (QED) is 0.540. The lowest BCUT2D eigenvalue weighted by molar-refractivity contribution is 0.0993. The van der Waals surface area contributed by atoms with Crippen LogP contribution < -0.4 is 10.1 Å². The molecule has 0 saturated heterocycles. The van der Waals surface area contributed by atoms with E-state index in [0.717, 1.165) is 5.56 Å². The Hall–Kier alpha value is -2.90. The molecular weight excluding hydrogens is 362 g/mol. The lowest BCUT2D eigenvalue weighted by atomic mass is 10.0. The summed E-state index contributed by atoms with van der Waals surface area (Å²) in [6, 6.07) is 13.6. The maximum absolute atomic E-state index is 12.3. The van der Waals surface area contributed by atoms with Gasteiger partial charge in [-0.15, -0.1) is 0 Å². The molecule has 0 radical (unpaired) electrons. The molecule has 0 unspecified atom stereocenters. The number of aliphatic hydroxyl groups excluding tert-OH is 2. The zero-order valence-electron chi connectivity index (χ0n) is 15.8. The van der Waals surface area contributed by atoms with Crippen LogP contribution in [0.15, 0.2) is 48.5 Å². The monoisotopic (exact) mass is 387 g/mol. The number of hydrogen-bond acceptors (Lipinski definition) is 6. The number of carbonyl (C=O) groups excluding carboxylic acids is 2. The van der Waals surface area contributed by atoms with Crippen molar-refractivity contribution in [3.63, 3.8) is 0 Å². The van der Waals surface area contributed by atoms with Gasteiger partial charge in [0.05, 0.1) is 6.61 Å². The van der Waals surface area contributed by atoms with Gasteiger partial charge in [-0.3, -0.25) is 10.1 Å². The molecule has 28 heavy (non-hydrogen) atoms. The Bertz CT molecular complexity index is 757. The minimum atomic E-state index is -0.626. The topological polar surface area (TPSA) is 105 Å². The molecule has 0 aromatic heterocycles. The number of Topliss-reactive ketones (excluding diaryl/α,β-unsaturated/α-hetero) is 1. The highest BCUT2D eigenvalue weighted by Gasteiger charge is 2.17. The lowest BCUT2D eigenvalue weighted by Gasteiger charge is -2.19. The normalized spacial score (nSPS) is 11.5. The zero-order valence-corrected chi connectivity index (χ0v) is 15.8. The minimum Gasteiger partial charge on any atom is -0.491 e. The molecule has 7 nitrogen and oxygen atoms in total. The number of carbonyl (C=O) groups is 2. The van der Waals surface area contributed by atoms with Crippen molar-refractivity contribution >= 4 is 17.6 Å². The molecule has 2 aromatic rings. The van der Waals surface area contributed by atoms with Gasteiger partial charge in [0, 0.05) is 17.9 Å². The second-order valence-corrected chi connectivity index (χ2v) is 6.16. The Labute approximate surface area is 163 Å². The first kappa shape index (κ1) is 21.4. The van der Waals surface area contributed by atoms with Gasteiger partial charge in [-0.25, -0.2) is 4.79 Å². The molecule has 150 valence electrons. The Balaban J connectivity index is 2.01. The summed E-state index contributed by atoms with van der Waals surface area (Å²) in [6.07, 6.45) is -0.215. The molecule has 7 heteroatoms. The molecule has 0 aliphatic rings. The second-order valence-electron chi connectivity index (χ2n) is 6.16. The third-order valence-corrected chi connectivity index (χ3v) is 4.02. The number of nitrogens with one attached hydrogen (secondary N) is 1. The highest BCUT2D eigenvalue weighted by Crippen LogP contribution is 2.26. The van der Waals surface area contributed by atoms with Crippen LogP contribution in [0.1, 0.15) is 41.8 Å². The molecule has 0 heterocycles. The SMILES string of the molecule is CC(=O)c1ccc(NC(=O)O[C@@H](CCCO)c2ccc(OCCO)cc2)cc1. The molecule has 0 fully saturated rings. The van der Waals surface area contributed by atoms with Crippen LogP contribution in [0.2, 0.25) is 0 Å². The van der Waals surface area contributed by atoms with E-state index >= 15 is 0 Å². The van der Waals surface area contributed by atoms with Crippen LogP contribution in [0.5, 0.6) is 5.75 Å². The largest absolute Gasteiger partial charge is 0.491 e. The summed E-state index contributed by atoms with van der Waals surface area (Å²) in [5.41, 5.74) is 1.85. The summed E-state index contributed by atoms with van der Waals surface area (Å²) in [4.78, 5) is 23.6. The van der Waals surface area contributed by atoms with Crippen molar-refractivity contribution in [2.75, 3.05) is 25.1 Å². The fourth-order valence-corrected chi connectivity index (χ4v) is 2.58. The van der Waals surface area contributed by atoms with E-state index in [-0.39, 0.29) is 25.6 Å². The standard InChI is InChI=1S/C21H25NO6/c1-15(25)16-4-8-18(9-5-16)22-21(26)28-20(3-2-12-23)17-6-10-19(11-7-17)27-14-13-24/h4-11,20,23-24H,2-3,12-14H2,1H3,(H,22,26)/t20-/m0/s1. The van der Waals surface area contributed by atoms with Gasteiger partial charge >= 0.3 is 6.09 Å². The van der Waals surface area contributed by atoms with Crippen LogP contribution in [0.25, 0.3) is 0 Å². The van der Waals surface area contributed by atoms with E-state index in [1.165, 1.54) is 6.92 Å². The maximum Gasteiger partial charge on any atom is 0.412 e. The summed E-state index contributed by atoms with van der Waals surface area (Å²) in [5.74, 6) is 0.554. The molecule has 2 rings (SSSR count). The number of benzene rings is 2. The van der Waals surface area contributed by atoms with E-state index in [9.17, 15) is 9.59 Å². The number of hydrogen-bond donors (Lipinski definition) is 3. The predicted octanol–water partition coefficient (Wildman–Crippen LogP) is 3.32. The van der Waals surface area contributed by atoms with Gasteiger partial charge in [-0.05, 0) is 61.7 Å². The lowest BCUT2D eigenvalue weighted by Crippen LogP contribution is -2.18. The maximum atomic E-state index is 12.3. The fraction of sp³-hybridized carbons (Fsp3) is 0.333. The number of ketones is 1. The first-order chi connectivity index (χ1) is 13.5. The molecule has 1 amide bonds. The van der Waals surface area contributed by atoms with Gasteiger partial charge in [-0.2, -0.15) is 0 Å². The third-order valence-electron chi connectivity index (χ3n) is 4.02. The molecule has 0 bridgehead atoms. The van der Waals surface area contributed by atoms with E-state index in [2.05, 4.69) is 5.32 Å². The van der Waals surface area contributed by atoms with Crippen molar-refractivity contribution < 1.29 is 29.3 Å². The minimum absolute atomic E-state index is 0.00825. The summed E-state index contributed by atoms with van der Waals surface area (Å²) >= 11 is 0. The Morgan fingerprint density at radius 2 is 1.68 bits per heavy atom. The summed E-state index contributed by atoms with van der Waals surface area (Å²) in [6.45, 7) is 1.60. The predicted molar refractivity (Wildman–Crippen MR) is 105 cm³/mol. The average Bonchev–Trinajstić information content (AvgIpc) is 2.70. The van der Waals surface area contributed by atoms with Crippen LogP contribution in [0, 0.1) is 0 Å². The van der Waals surface area contributed by atoms with E-state index in [1.807, 2.05) is 0 Å². The van der Waals surface area contributed by atoms with Crippen LogP contribution in [0.3, 0.4) is 0 Å². The molecule has 0 spiro atoms. The molecule has 0 saturated carbocycles. The van der Waals surface area contributed by atoms with Crippen molar-refractivity contribution in [1.29, 1.82) is 0 Å². The highest BCUT2D eigenvalue weighted by molar-refractivity contribution is 5.94. The van der Waals surface area contributed by atoms with Gasteiger partial charge in [-0.1, -0.05) is 12.1 Å². The highest BCUT2D eigenvalue weighted by atomic mass is 16.6. The zero-order chi connectivity index (χ0) is 20.4. The molecule has 2 aromatic carbocycles. The van der Waals surface area contributed by atoms with E-state index in [1.54, 1.807) is 48.5 Å². The molecular formula is C21H25NO6. The van der Waals surface area contributed by atoms with Crippen molar-refractivity contribution in [3.8, 4) is 5.75 Å². The van der Waals surface area contributed by atoms with Crippen LogP contribution in [-0.4, -0.2) is 41.9 Å². The summed E-state index contributed by atoms with van der Waals surface area (Å²) in [5, 5.41) is 20.6. The average molecular weight is 387 g/mol. The number of rotatable bonds is 10. The Morgan fingerprint density at radius 1 is 1.00 bits per heavy atom. The third kappa shape index (κ3) is 6.68. The Morgan fingerprint density at radius 3 is 2.25 bits per heavy atom. The van der Waals surface area contributed by atoms with E-state index < -0.39 is 12.2 Å². The number of anilines is 1.